The first-order valence-corrected chi connectivity index (χ1v) is 3.48. The van der Waals surface area contributed by atoms with Crippen molar-refractivity contribution in [2.45, 2.75) is 25.9 Å². The van der Waals surface area contributed by atoms with Gasteiger partial charge in [-0.2, -0.15) is 0 Å². The summed E-state index contributed by atoms with van der Waals surface area (Å²) in [6.07, 6.45) is 4.85. The molecule has 0 spiro atoms. The zero-order valence-corrected chi connectivity index (χ0v) is 6.08. The molecule has 0 aliphatic rings. The largest absolute Gasteiger partial charge is 0.472 e. The topological polar surface area (TPSA) is 33.4 Å². The normalized spacial score (nSPS) is 13.4. The lowest BCUT2D eigenvalue weighted by Gasteiger charge is -1.99. The van der Waals surface area contributed by atoms with Crippen LogP contribution in [0.2, 0.25) is 0 Å². The van der Waals surface area contributed by atoms with Crippen LogP contribution in [0.25, 0.3) is 0 Å². The quantitative estimate of drug-likeness (QED) is 0.691. The zero-order valence-electron chi connectivity index (χ0n) is 6.08. The molecule has 1 aromatic rings. The van der Waals surface area contributed by atoms with Crippen LogP contribution in [0, 0.1) is 0 Å². The van der Waals surface area contributed by atoms with E-state index in [-0.39, 0.29) is 6.10 Å². The van der Waals surface area contributed by atoms with Gasteiger partial charge in [0, 0.05) is 0 Å². The fourth-order valence-electron chi connectivity index (χ4n) is 0.810. The molecule has 1 aromatic heterocycles. The van der Waals surface area contributed by atoms with Gasteiger partial charge in [0.2, 0.25) is 0 Å². The molecule has 0 saturated carbocycles. The van der Waals surface area contributed by atoms with Crippen molar-refractivity contribution < 1.29 is 9.52 Å². The van der Waals surface area contributed by atoms with Gasteiger partial charge in [0.15, 0.2) is 0 Å². The van der Waals surface area contributed by atoms with Crippen LogP contribution in [0.15, 0.2) is 23.0 Å². The highest BCUT2D eigenvalue weighted by Crippen LogP contribution is 2.04. The molecule has 2 nitrogen and oxygen atoms in total. The minimum atomic E-state index is -0.213. The van der Waals surface area contributed by atoms with E-state index in [1.54, 1.807) is 19.5 Å². The lowest BCUT2D eigenvalue weighted by molar-refractivity contribution is 0.185. The highest BCUT2D eigenvalue weighted by Gasteiger charge is 1.97. The van der Waals surface area contributed by atoms with Crippen LogP contribution < -0.4 is 0 Å². The summed E-state index contributed by atoms with van der Waals surface area (Å²) in [5.74, 6) is 0. The Hall–Kier alpha value is -0.760. The van der Waals surface area contributed by atoms with E-state index in [0.29, 0.717) is 0 Å². The molecular weight excluding hydrogens is 128 g/mol. The fraction of sp³-hybridized carbons (Fsp3) is 0.500. The zero-order chi connectivity index (χ0) is 7.40. The van der Waals surface area contributed by atoms with Crippen LogP contribution in [0.1, 0.15) is 18.9 Å². The van der Waals surface area contributed by atoms with E-state index in [0.717, 1.165) is 18.4 Å². The molecule has 0 radical (unpaired) electrons. The van der Waals surface area contributed by atoms with Crippen LogP contribution in [-0.2, 0) is 6.42 Å². The molecule has 0 aliphatic carbocycles. The summed E-state index contributed by atoms with van der Waals surface area (Å²) in [6.45, 7) is 1.79. The summed E-state index contributed by atoms with van der Waals surface area (Å²) in [6, 6.07) is 1.92. The summed E-state index contributed by atoms with van der Waals surface area (Å²) in [4.78, 5) is 0. The first-order valence-electron chi connectivity index (χ1n) is 3.48. The van der Waals surface area contributed by atoms with E-state index in [4.69, 9.17) is 9.52 Å². The van der Waals surface area contributed by atoms with Crippen molar-refractivity contribution in [2.24, 2.45) is 0 Å². The number of aliphatic hydroxyl groups is 1. The lowest BCUT2D eigenvalue weighted by Crippen LogP contribution is -2.00. The fourth-order valence-corrected chi connectivity index (χ4v) is 0.810. The molecule has 0 unspecified atom stereocenters. The molecule has 1 rings (SSSR count). The number of rotatable bonds is 3. The molecule has 0 fully saturated rings. The van der Waals surface area contributed by atoms with E-state index >= 15 is 0 Å². The van der Waals surface area contributed by atoms with E-state index in [1.165, 1.54) is 0 Å². The number of aliphatic hydroxyl groups excluding tert-OH is 1. The Bertz CT molecular complexity index is 165. The maximum absolute atomic E-state index is 8.92. The monoisotopic (exact) mass is 140 g/mol. The summed E-state index contributed by atoms with van der Waals surface area (Å²) in [7, 11) is 0. The van der Waals surface area contributed by atoms with Gasteiger partial charge in [-0.1, -0.05) is 0 Å². The number of furan rings is 1. The van der Waals surface area contributed by atoms with Crippen molar-refractivity contribution >= 4 is 0 Å². The second-order valence-electron chi connectivity index (χ2n) is 2.52. The summed E-state index contributed by atoms with van der Waals surface area (Å²) in [5, 5.41) is 8.92. The molecule has 0 amide bonds. The van der Waals surface area contributed by atoms with Gasteiger partial charge in [0.05, 0.1) is 18.6 Å². The van der Waals surface area contributed by atoms with E-state index in [9.17, 15) is 0 Å². The standard InChI is InChI=1S/C8H12O2/c1-7(9)2-3-8-4-5-10-6-8/h4-7,9H,2-3H2,1H3/t7-/m0/s1. The van der Waals surface area contributed by atoms with Gasteiger partial charge < -0.3 is 9.52 Å². The average Bonchev–Trinajstić information content (AvgIpc) is 2.34. The molecule has 1 heterocycles. The molecule has 10 heavy (non-hydrogen) atoms. The molecule has 0 aliphatic heterocycles. The Labute approximate surface area is 60.5 Å². The van der Waals surface area contributed by atoms with Crippen molar-refractivity contribution in [2.75, 3.05) is 0 Å². The summed E-state index contributed by atoms with van der Waals surface area (Å²) in [5.41, 5.74) is 1.15. The molecule has 0 bridgehead atoms. The molecular formula is C8H12O2. The van der Waals surface area contributed by atoms with Crippen molar-refractivity contribution in [3.05, 3.63) is 24.2 Å². The first kappa shape index (κ1) is 7.35. The van der Waals surface area contributed by atoms with Crippen LogP contribution in [0.3, 0.4) is 0 Å². The van der Waals surface area contributed by atoms with Gasteiger partial charge in [-0.15, -0.1) is 0 Å². The Kier molecular flexibility index (Phi) is 2.51. The molecule has 56 valence electrons. The number of aryl methyl sites for hydroxylation is 1. The van der Waals surface area contributed by atoms with E-state index in [1.807, 2.05) is 6.07 Å². The Morgan fingerprint density at radius 1 is 1.70 bits per heavy atom. The van der Waals surface area contributed by atoms with Crippen molar-refractivity contribution in [3.8, 4) is 0 Å². The first-order chi connectivity index (χ1) is 4.79. The van der Waals surface area contributed by atoms with Gasteiger partial charge in [-0.25, -0.2) is 0 Å². The maximum atomic E-state index is 8.92. The predicted molar refractivity (Wildman–Crippen MR) is 38.7 cm³/mol. The Morgan fingerprint density at radius 3 is 3.00 bits per heavy atom. The van der Waals surface area contributed by atoms with Gasteiger partial charge in [0.25, 0.3) is 0 Å². The third-order valence-corrected chi connectivity index (χ3v) is 1.43. The minimum Gasteiger partial charge on any atom is -0.472 e. The highest BCUT2D eigenvalue weighted by atomic mass is 16.3. The Morgan fingerprint density at radius 2 is 2.50 bits per heavy atom. The van der Waals surface area contributed by atoms with Crippen LogP contribution in [0.4, 0.5) is 0 Å². The van der Waals surface area contributed by atoms with Gasteiger partial charge in [-0.3, -0.25) is 0 Å². The molecule has 0 saturated heterocycles. The predicted octanol–water partition coefficient (Wildman–Crippen LogP) is 1.59. The number of hydrogen-bond donors (Lipinski definition) is 1. The van der Waals surface area contributed by atoms with Gasteiger partial charge in [0.1, 0.15) is 0 Å². The third kappa shape index (κ3) is 2.23. The van der Waals surface area contributed by atoms with E-state index < -0.39 is 0 Å². The third-order valence-electron chi connectivity index (χ3n) is 1.43. The highest BCUT2D eigenvalue weighted by molar-refractivity contribution is 5.05. The van der Waals surface area contributed by atoms with Crippen LogP contribution in [-0.4, -0.2) is 11.2 Å². The molecule has 0 aromatic carbocycles. The molecule has 2 heteroatoms. The number of hydrogen-bond acceptors (Lipinski definition) is 2. The van der Waals surface area contributed by atoms with Crippen LogP contribution >= 0.6 is 0 Å². The van der Waals surface area contributed by atoms with E-state index in [2.05, 4.69) is 0 Å². The maximum Gasteiger partial charge on any atom is 0.0934 e. The van der Waals surface area contributed by atoms with Gasteiger partial charge in [-0.05, 0) is 31.4 Å². The SMILES string of the molecule is C[C@H](O)CCc1ccoc1. The smallest absolute Gasteiger partial charge is 0.0934 e. The van der Waals surface area contributed by atoms with Crippen LogP contribution in [0.5, 0.6) is 0 Å². The second-order valence-corrected chi connectivity index (χ2v) is 2.52. The minimum absolute atomic E-state index is 0.213. The van der Waals surface area contributed by atoms with Gasteiger partial charge >= 0.3 is 0 Å². The molecule has 1 N–H and O–H groups in total. The lowest BCUT2D eigenvalue weighted by atomic mass is 10.1. The summed E-state index contributed by atoms with van der Waals surface area (Å²) < 4.78 is 4.87. The average molecular weight is 140 g/mol. The van der Waals surface area contributed by atoms with Crippen molar-refractivity contribution in [1.29, 1.82) is 0 Å². The molecule has 1 atom stereocenters. The van der Waals surface area contributed by atoms with Crippen molar-refractivity contribution in [3.63, 3.8) is 0 Å². The summed E-state index contributed by atoms with van der Waals surface area (Å²) >= 11 is 0. The second kappa shape index (κ2) is 3.42. The Balaban J connectivity index is 2.28. The van der Waals surface area contributed by atoms with Crippen molar-refractivity contribution in [1.82, 2.24) is 0 Å².